The molecule has 1 saturated carbocycles. The molecule has 1 aromatic carbocycles. The number of pyridine rings is 1. The van der Waals surface area contributed by atoms with Gasteiger partial charge in [-0.15, -0.1) is 0 Å². The predicted molar refractivity (Wildman–Crippen MR) is 123 cm³/mol. The van der Waals surface area contributed by atoms with Gasteiger partial charge in [0.1, 0.15) is 22.9 Å². The summed E-state index contributed by atoms with van der Waals surface area (Å²) in [5.74, 6) is 0.187. The number of imidazole rings is 1. The Balaban J connectivity index is 1.37. The second kappa shape index (κ2) is 8.07. The Bertz CT molecular complexity index is 1410. The van der Waals surface area contributed by atoms with Crippen LogP contribution >= 0.6 is 0 Å². The average Bonchev–Trinajstić information content (AvgIpc) is 3.14. The zero-order chi connectivity index (χ0) is 23.4. The molecule has 2 aliphatic rings. The van der Waals surface area contributed by atoms with Gasteiger partial charge in [0, 0.05) is 36.8 Å². The van der Waals surface area contributed by atoms with Gasteiger partial charge in [-0.3, -0.25) is 0 Å². The number of benzene rings is 1. The number of aliphatic hydroxyl groups excluding tert-OH is 1. The highest BCUT2D eigenvalue weighted by Crippen LogP contribution is 2.37. The van der Waals surface area contributed by atoms with E-state index >= 15 is 4.39 Å². The monoisotopic (exact) mass is 463 g/mol. The molecule has 6 rings (SSSR count). The number of anilines is 2. The minimum absolute atomic E-state index is 0.0143. The number of nitrogens with one attached hydrogen (secondary N) is 2. The molecule has 174 valence electrons. The van der Waals surface area contributed by atoms with Crippen LogP contribution in [0.1, 0.15) is 36.0 Å². The van der Waals surface area contributed by atoms with Crippen molar-refractivity contribution in [1.29, 1.82) is 0 Å². The summed E-state index contributed by atoms with van der Waals surface area (Å²) in [6.45, 7) is 3.45. The molecule has 0 bridgehead atoms. The molecule has 0 unspecified atom stereocenters. The number of fused-ring (bicyclic) bond motifs is 2. The van der Waals surface area contributed by atoms with Crippen LogP contribution in [-0.2, 0) is 13.0 Å². The van der Waals surface area contributed by atoms with E-state index < -0.39 is 11.6 Å². The highest BCUT2D eigenvalue weighted by molar-refractivity contribution is 5.83. The maximum atomic E-state index is 15.0. The van der Waals surface area contributed by atoms with Gasteiger partial charge < -0.3 is 20.3 Å². The summed E-state index contributed by atoms with van der Waals surface area (Å²) in [7, 11) is 0. The highest BCUT2D eigenvalue weighted by Gasteiger charge is 2.31. The molecule has 3 aromatic heterocycles. The second-order valence-electron chi connectivity index (χ2n) is 8.88. The Hall–Kier alpha value is -3.50. The van der Waals surface area contributed by atoms with E-state index in [1.54, 1.807) is 13.0 Å². The van der Waals surface area contributed by atoms with E-state index in [4.69, 9.17) is 0 Å². The number of rotatable bonds is 4. The van der Waals surface area contributed by atoms with E-state index in [0.717, 1.165) is 37.0 Å². The van der Waals surface area contributed by atoms with E-state index in [-0.39, 0.29) is 29.3 Å². The third-order valence-electron chi connectivity index (χ3n) is 6.56. The van der Waals surface area contributed by atoms with Gasteiger partial charge in [0.05, 0.1) is 17.8 Å². The molecule has 0 saturated heterocycles. The second-order valence-corrected chi connectivity index (χ2v) is 8.88. The molecule has 0 radical (unpaired) electrons. The lowest BCUT2D eigenvalue weighted by Crippen LogP contribution is -2.31. The topological polar surface area (TPSA) is 101 Å². The Morgan fingerprint density at radius 2 is 1.97 bits per heavy atom. The molecular weight excluding hydrogens is 440 g/mol. The van der Waals surface area contributed by atoms with Gasteiger partial charge in [-0.25, -0.2) is 28.7 Å². The zero-order valence-corrected chi connectivity index (χ0v) is 18.5. The van der Waals surface area contributed by atoms with Crippen molar-refractivity contribution < 1.29 is 13.9 Å². The van der Waals surface area contributed by atoms with Crippen molar-refractivity contribution in [2.45, 2.75) is 44.9 Å². The van der Waals surface area contributed by atoms with E-state index in [1.807, 2.05) is 16.7 Å². The van der Waals surface area contributed by atoms with Crippen LogP contribution in [0.3, 0.4) is 0 Å². The van der Waals surface area contributed by atoms with Gasteiger partial charge in [-0.2, -0.15) is 0 Å². The van der Waals surface area contributed by atoms with Crippen LogP contribution in [0.25, 0.3) is 22.3 Å². The third kappa shape index (κ3) is 3.59. The smallest absolute Gasteiger partial charge is 0.229 e. The van der Waals surface area contributed by atoms with Gasteiger partial charge in [-0.05, 0) is 43.5 Å². The first-order valence-corrected chi connectivity index (χ1v) is 11.3. The molecule has 4 heterocycles. The number of halogens is 2. The van der Waals surface area contributed by atoms with E-state index in [1.165, 1.54) is 6.07 Å². The Kier molecular flexibility index (Phi) is 5.00. The fourth-order valence-corrected chi connectivity index (χ4v) is 4.79. The number of aryl methyl sites for hydroxylation is 1. The first-order valence-electron chi connectivity index (χ1n) is 11.3. The van der Waals surface area contributed by atoms with Crippen molar-refractivity contribution in [3.8, 4) is 11.3 Å². The SMILES string of the molecule is Cc1nc2c(F)cc(-c3nc(Nc4ccc5c(n4)CCNC5)ncc3F)cc2n1C1CC(O)C1. The molecule has 0 atom stereocenters. The molecule has 0 amide bonds. The first kappa shape index (κ1) is 21.1. The fraction of sp³-hybridized carbons (Fsp3) is 0.333. The van der Waals surface area contributed by atoms with Crippen molar-refractivity contribution in [1.82, 2.24) is 29.8 Å². The Labute approximate surface area is 194 Å². The van der Waals surface area contributed by atoms with E-state index in [0.29, 0.717) is 35.6 Å². The van der Waals surface area contributed by atoms with Crippen molar-refractivity contribution in [3.05, 3.63) is 59.2 Å². The molecule has 1 fully saturated rings. The van der Waals surface area contributed by atoms with Crippen LogP contribution in [0.15, 0.2) is 30.5 Å². The largest absolute Gasteiger partial charge is 0.393 e. The van der Waals surface area contributed by atoms with Gasteiger partial charge in [-0.1, -0.05) is 6.07 Å². The summed E-state index contributed by atoms with van der Waals surface area (Å²) in [5.41, 5.74) is 3.21. The van der Waals surface area contributed by atoms with Crippen LogP contribution in [-0.4, -0.2) is 42.3 Å². The lowest BCUT2D eigenvalue weighted by Gasteiger charge is -2.33. The molecule has 4 aromatic rings. The quantitative estimate of drug-likeness (QED) is 0.425. The Morgan fingerprint density at radius 1 is 1.12 bits per heavy atom. The summed E-state index contributed by atoms with van der Waals surface area (Å²) in [4.78, 5) is 17.4. The number of hydrogen-bond acceptors (Lipinski definition) is 7. The zero-order valence-electron chi connectivity index (χ0n) is 18.5. The maximum absolute atomic E-state index is 15.0. The minimum atomic E-state index is -0.657. The van der Waals surface area contributed by atoms with E-state index in [2.05, 4.69) is 30.6 Å². The van der Waals surface area contributed by atoms with Gasteiger partial charge in [0.2, 0.25) is 5.95 Å². The molecule has 0 spiro atoms. The van der Waals surface area contributed by atoms with Gasteiger partial charge in [0.25, 0.3) is 0 Å². The molecule has 10 heteroatoms. The van der Waals surface area contributed by atoms with Crippen molar-refractivity contribution in [3.63, 3.8) is 0 Å². The minimum Gasteiger partial charge on any atom is -0.393 e. The molecule has 3 N–H and O–H groups in total. The highest BCUT2D eigenvalue weighted by atomic mass is 19.1. The molecule has 34 heavy (non-hydrogen) atoms. The summed E-state index contributed by atoms with van der Waals surface area (Å²) >= 11 is 0. The van der Waals surface area contributed by atoms with Gasteiger partial charge >= 0.3 is 0 Å². The number of hydrogen-bond donors (Lipinski definition) is 3. The molecule has 1 aliphatic carbocycles. The summed E-state index contributed by atoms with van der Waals surface area (Å²) in [6.07, 6.45) is 2.69. The number of aromatic nitrogens is 5. The summed E-state index contributed by atoms with van der Waals surface area (Å²) in [5, 5.41) is 16.1. The first-order chi connectivity index (χ1) is 16.5. The van der Waals surface area contributed by atoms with E-state index in [9.17, 15) is 9.50 Å². The van der Waals surface area contributed by atoms with Crippen LogP contribution in [0.4, 0.5) is 20.5 Å². The summed E-state index contributed by atoms with van der Waals surface area (Å²) < 4.78 is 31.7. The summed E-state index contributed by atoms with van der Waals surface area (Å²) in [6, 6.07) is 6.80. The van der Waals surface area contributed by atoms with Crippen LogP contribution in [0.5, 0.6) is 0 Å². The van der Waals surface area contributed by atoms with Gasteiger partial charge in [0.15, 0.2) is 11.6 Å². The lowest BCUT2D eigenvalue weighted by molar-refractivity contribution is 0.0494. The Morgan fingerprint density at radius 3 is 2.79 bits per heavy atom. The van der Waals surface area contributed by atoms with Crippen molar-refractivity contribution in [2.75, 3.05) is 11.9 Å². The molecule has 8 nitrogen and oxygen atoms in total. The standard InChI is InChI=1S/C24H23F2N7O/c1-12-29-23-17(25)6-14(7-20(23)33(12)15-8-16(34)9-15)22-18(26)11-28-24(32-22)31-21-3-2-13-10-27-5-4-19(13)30-21/h2-3,6-7,11,15-16,27,34H,4-5,8-10H2,1H3,(H,28,30,31,32). The van der Waals surface area contributed by atoms with Crippen molar-refractivity contribution >= 4 is 22.8 Å². The van der Waals surface area contributed by atoms with Crippen LogP contribution in [0.2, 0.25) is 0 Å². The van der Waals surface area contributed by atoms with Crippen molar-refractivity contribution in [2.24, 2.45) is 0 Å². The molecule has 1 aliphatic heterocycles. The third-order valence-corrected chi connectivity index (χ3v) is 6.56. The normalized spacial score (nSPS) is 19.6. The lowest BCUT2D eigenvalue weighted by atomic mass is 9.89. The molecular formula is C24H23F2N7O. The number of aliphatic hydroxyl groups is 1. The van der Waals surface area contributed by atoms with Crippen LogP contribution < -0.4 is 10.6 Å². The van der Waals surface area contributed by atoms with Crippen LogP contribution in [0, 0.1) is 18.6 Å². The number of nitrogens with zero attached hydrogens (tertiary/aromatic N) is 5. The predicted octanol–water partition coefficient (Wildman–Crippen LogP) is 3.56. The fourth-order valence-electron chi connectivity index (χ4n) is 4.79. The maximum Gasteiger partial charge on any atom is 0.229 e. The average molecular weight is 463 g/mol.